The van der Waals surface area contributed by atoms with Crippen LogP contribution in [0.5, 0.6) is 0 Å². The zero-order valence-electron chi connectivity index (χ0n) is 9.02. The highest BCUT2D eigenvalue weighted by atomic mass is 79.9. The van der Waals surface area contributed by atoms with Crippen molar-refractivity contribution in [2.24, 2.45) is 0 Å². The molecule has 2 aromatic rings. The third kappa shape index (κ3) is 2.83. The molecule has 7 heteroatoms. The van der Waals surface area contributed by atoms with Gasteiger partial charge in [0, 0.05) is 11.8 Å². The number of nitrogens with one attached hydrogen (secondary N) is 1. The molecule has 0 aliphatic heterocycles. The van der Waals surface area contributed by atoms with Crippen molar-refractivity contribution in [3.8, 4) is 0 Å². The Morgan fingerprint density at radius 2 is 2.22 bits per heavy atom. The topological polar surface area (TPSA) is 68.3 Å². The van der Waals surface area contributed by atoms with E-state index in [2.05, 4.69) is 21.2 Å². The maximum absolute atomic E-state index is 10.6. The van der Waals surface area contributed by atoms with Crippen molar-refractivity contribution in [3.63, 3.8) is 0 Å². The van der Waals surface area contributed by atoms with Crippen LogP contribution in [0.3, 0.4) is 0 Å². The quantitative estimate of drug-likeness (QED) is 0.673. The molecule has 0 aliphatic carbocycles. The Labute approximate surface area is 116 Å². The van der Waals surface area contributed by atoms with Gasteiger partial charge in [-0.25, -0.2) is 0 Å². The van der Waals surface area contributed by atoms with Crippen molar-refractivity contribution < 1.29 is 9.34 Å². The first kappa shape index (κ1) is 12.9. The lowest BCUT2D eigenvalue weighted by Gasteiger charge is -2.05. The van der Waals surface area contributed by atoms with E-state index in [1.807, 2.05) is 0 Å². The minimum atomic E-state index is -0.519. The summed E-state index contributed by atoms with van der Waals surface area (Å²) in [6.07, 6.45) is 1.57. The lowest BCUT2D eigenvalue weighted by atomic mass is 10.3. The molecule has 0 radical (unpaired) electrons. The Kier molecular flexibility index (Phi) is 3.88. The summed E-state index contributed by atoms with van der Waals surface area (Å²) in [5.74, 6) is 0.740. The van der Waals surface area contributed by atoms with Gasteiger partial charge in [0.15, 0.2) is 0 Å². The van der Waals surface area contributed by atoms with Crippen LogP contribution in [0, 0.1) is 10.1 Å². The van der Waals surface area contributed by atoms with Gasteiger partial charge in [-0.1, -0.05) is 11.6 Å². The zero-order valence-corrected chi connectivity index (χ0v) is 11.4. The van der Waals surface area contributed by atoms with Gasteiger partial charge in [0.05, 0.1) is 22.2 Å². The number of halogens is 2. The monoisotopic (exact) mass is 330 g/mol. The second-order valence-electron chi connectivity index (χ2n) is 3.47. The predicted molar refractivity (Wildman–Crippen MR) is 71.8 cm³/mol. The molecule has 94 valence electrons. The molecule has 18 heavy (non-hydrogen) atoms. The molecule has 0 spiro atoms. The zero-order chi connectivity index (χ0) is 13.1. The molecule has 1 aromatic carbocycles. The number of benzene rings is 1. The van der Waals surface area contributed by atoms with Crippen molar-refractivity contribution in [1.82, 2.24) is 0 Å². The van der Waals surface area contributed by atoms with Crippen LogP contribution in [0.4, 0.5) is 11.4 Å². The van der Waals surface area contributed by atoms with Crippen LogP contribution in [-0.2, 0) is 6.54 Å². The van der Waals surface area contributed by atoms with E-state index < -0.39 is 4.92 Å². The van der Waals surface area contributed by atoms with Gasteiger partial charge in [0.25, 0.3) is 5.69 Å². The molecule has 1 aromatic heterocycles. The van der Waals surface area contributed by atoms with Crippen LogP contribution in [-0.4, -0.2) is 4.92 Å². The lowest BCUT2D eigenvalue weighted by Crippen LogP contribution is -1.99. The van der Waals surface area contributed by atoms with E-state index in [-0.39, 0.29) is 10.7 Å². The molecule has 1 heterocycles. The number of nitro benzene ring substituents is 1. The molecule has 0 bridgehead atoms. The second kappa shape index (κ2) is 5.41. The molecule has 0 amide bonds. The molecule has 1 N–H and O–H groups in total. The Morgan fingerprint density at radius 3 is 2.78 bits per heavy atom. The Hall–Kier alpha value is -1.53. The van der Waals surface area contributed by atoms with Crippen LogP contribution in [0.25, 0.3) is 0 Å². The van der Waals surface area contributed by atoms with Gasteiger partial charge in [-0.15, -0.1) is 0 Å². The van der Waals surface area contributed by atoms with Crippen LogP contribution < -0.4 is 5.32 Å². The van der Waals surface area contributed by atoms with Crippen molar-refractivity contribution in [1.29, 1.82) is 0 Å². The SMILES string of the molecule is O=[N+]([O-])c1ccc(NCc2occc2Br)cc1Cl. The van der Waals surface area contributed by atoms with Gasteiger partial charge in [0.1, 0.15) is 10.8 Å². The molecule has 0 fully saturated rings. The van der Waals surface area contributed by atoms with Gasteiger partial charge >= 0.3 is 0 Å². The number of rotatable bonds is 4. The summed E-state index contributed by atoms with van der Waals surface area (Å²) < 4.78 is 6.09. The van der Waals surface area contributed by atoms with Crippen LogP contribution in [0.2, 0.25) is 5.02 Å². The molecule has 0 saturated carbocycles. The normalized spacial score (nSPS) is 10.3. The highest BCUT2D eigenvalue weighted by Gasteiger charge is 2.12. The first-order valence-corrected chi connectivity index (χ1v) is 6.14. The van der Waals surface area contributed by atoms with Crippen molar-refractivity contribution in [2.45, 2.75) is 6.54 Å². The van der Waals surface area contributed by atoms with Crippen molar-refractivity contribution in [2.75, 3.05) is 5.32 Å². The van der Waals surface area contributed by atoms with Crippen molar-refractivity contribution in [3.05, 3.63) is 55.9 Å². The number of hydrogen-bond donors (Lipinski definition) is 1. The average molecular weight is 332 g/mol. The number of anilines is 1. The highest BCUT2D eigenvalue weighted by molar-refractivity contribution is 9.10. The smallest absolute Gasteiger partial charge is 0.288 e. The van der Waals surface area contributed by atoms with Gasteiger partial charge in [-0.2, -0.15) is 0 Å². The fourth-order valence-electron chi connectivity index (χ4n) is 1.40. The summed E-state index contributed by atoms with van der Waals surface area (Å²) in [6.45, 7) is 0.460. The van der Waals surface area contributed by atoms with Crippen LogP contribution in [0.15, 0.2) is 39.4 Å². The second-order valence-corrected chi connectivity index (χ2v) is 4.73. The van der Waals surface area contributed by atoms with Crippen molar-refractivity contribution >= 4 is 38.9 Å². The molecule has 0 atom stereocenters. The Balaban J connectivity index is 2.09. The summed E-state index contributed by atoms with van der Waals surface area (Å²) in [5.41, 5.74) is 0.579. The molecular formula is C11H8BrClN2O3. The summed E-state index contributed by atoms with van der Waals surface area (Å²) in [6, 6.07) is 6.26. The summed E-state index contributed by atoms with van der Waals surface area (Å²) in [4.78, 5) is 10.1. The number of nitro groups is 1. The third-order valence-electron chi connectivity index (χ3n) is 2.29. The maximum Gasteiger partial charge on any atom is 0.288 e. The van der Waals surface area contributed by atoms with E-state index in [0.29, 0.717) is 12.2 Å². The molecule has 0 saturated heterocycles. The molecule has 0 unspecified atom stereocenters. The molecule has 0 aliphatic rings. The summed E-state index contributed by atoms with van der Waals surface area (Å²) in [7, 11) is 0. The summed E-state index contributed by atoms with van der Waals surface area (Å²) in [5, 5.41) is 13.8. The van der Waals surface area contributed by atoms with E-state index in [1.165, 1.54) is 12.1 Å². The largest absolute Gasteiger partial charge is 0.466 e. The van der Waals surface area contributed by atoms with Gasteiger partial charge in [-0.3, -0.25) is 10.1 Å². The first-order chi connectivity index (χ1) is 8.58. The minimum Gasteiger partial charge on any atom is -0.466 e. The molecular weight excluding hydrogens is 323 g/mol. The Bertz CT molecular complexity index is 585. The van der Waals surface area contributed by atoms with Gasteiger partial charge < -0.3 is 9.73 Å². The predicted octanol–water partition coefficient (Wildman–Crippen LogP) is 4.22. The first-order valence-electron chi connectivity index (χ1n) is 4.97. The highest BCUT2D eigenvalue weighted by Crippen LogP contribution is 2.27. The Morgan fingerprint density at radius 1 is 1.44 bits per heavy atom. The number of hydrogen-bond acceptors (Lipinski definition) is 4. The fourth-order valence-corrected chi connectivity index (χ4v) is 1.99. The standard InChI is InChI=1S/C11H8BrClN2O3/c12-8-3-4-18-11(8)6-14-7-1-2-10(15(16)17)9(13)5-7/h1-5,14H,6H2. The van der Waals surface area contributed by atoms with E-state index in [1.54, 1.807) is 18.4 Å². The average Bonchev–Trinajstić information content (AvgIpc) is 2.72. The van der Waals surface area contributed by atoms with Gasteiger partial charge in [0.2, 0.25) is 0 Å². The minimum absolute atomic E-state index is 0.100. The third-order valence-corrected chi connectivity index (χ3v) is 3.30. The van der Waals surface area contributed by atoms with E-state index >= 15 is 0 Å². The lowest BCUT2D eigenvalue weighted by molar-refractivity contribution is -0.384. The van der Waals surface area contributed by atoms with E-state index in [4.69, 9.17) is 16.0 Å². The molecule has 2 rings (SSSR count). The van der Waals surface area contributed by atoms with E-state index in [9.17, 15) is 10.1 Å². The summed E-state index contributed by atoms with van der Waals surface area (Å²) >= 11 is 9.14. The number of nitrogens with zero attached hydrogens (tertiary/aromatic N) is 1. The van der Waals surface area contributed by atoms with E-state index in [0.717, 1.165) is 10.2 Å². The molecule has 5 nitrogen and oxygen atoms in total. The number of furan rings is 1. The maximum atomic E-state index is 10.6. The fraction of sp³-hybridized carbons (Fsp3) is 0.0909. The van der Waals surface area contributed by atoms with Crippen LogP contribution >= 0.6 is 27.5 Å². The van der Waals surface area contributed by atoms with Gasteiger partial charge in [-0.05, 0) is 34.1 Å². The van der Waals surface area contributed by atoms with Crippen LogP contribution in [0.1, 0.15) is 5.76 Å².